The average Bonchev–Trinajstić information content (AvgIpc) is 3.36. The van der Waals surface area contributed by atoms with Gasteiger partial charge in [0.2, 0.25) is 0 Å². The van der Waals surface area contributed by atoms with E-state index < -0.39 is 0 Å². The van der Waals surface area contributed by atoms with E-state index >= 15 is 0 Å². The summed E-state index contributed by atoms with van der Waals surface area (Å²) >= 11 is 5.94. The maximum absolute atomic E-state index is 5.96. The molecule has 1 saturated carbocycles. The van der Waals surface area contributed by atoms with Crippen LogP contribution in [0.4, 0.5) is 0 Å². The maximum atomic E-state index is 5.96. The highest BCUT2D eigenvalue weighted by molar-refractivity contribution is 6.30. The Morgan fingerprint density at radius 3 is 2.54 bits per heavy atom. The molecule has 24 heavy (non-hydrogen) atoms. The number of hydrogen-bond donors (Lipinski definition) is 0. The van der Waals surface area contributed by atoms with Crippen LogP contribution in [0.1, 0.15) is 41.4 Å². The third kappa shape index (κ3) is 2.57. The van der Waals surface area contributed by atoms with Crippen molar-refractivity contribution in [1.82, 2.24) is 9.55 Å². The fraction of sp³-hybridized carbons (Fsp3) is 0.350. The van der Waals surface area contributed by atoms with Crippen molar-refractivity contribution in [1.29, 1.82) is 0 Å². The van der Waals surface area contributed by atoms with E-state index in [1.54, 1.807) is 0 Å². The lowest BCUT2D eigenvalue weighted by molar-refractivity contribution is 0.302. The van der Waals surface area contributed by atoms with Crippen LogP contribution in [0.25, 0.3) is 10.9 Å². The number of rotatable bonds is 4. The molecule has 1 aliphatic rings. The molecule has 0 unspecified atom stereocenters. The van der Waals surface area contributed by atoms with E-state index in [1.807, 2.05) is 30.5 Å². The van der Waals surface area contributed by atoms with E-state index in [0.717, 1.165) is 11.4 Å². The fourth-order valence-electron chi connectivity index (χ4n) is 3.47. The average molecular weight is 341 g/mol. The Labute approximate surface area is 147 Å². The van der Waals surface area contributed by atoms with Gasteiger partial charge in [-0.3, -0.25) is 4.98 Å². The smallest absolute Gasteiger partial charge is 0.132 e. The van der Waals surface area contributed by atoms with Crippen LogP contribution in [0, 0.1) is 20.8 Å². The summed E-state index contributed by atoms with van der Waals surface area (Å²) < 4.78 is 8.44. The monoisotopic (exact) mass is 340 g/mol. The van der Waals surface area contributed by atoms with Gasteiger partial charge in [-0.05, 0) is 69.0 Å². The van der Waals surface area contributed by atoms with Crippen LogP contribution < -0.4 is 4.74 Å². The Morgan fingerprint density at radius 2 is 1.88 bits per heavy atom. The Morgan fingerprint density at radius 1 is 1.17 bits per heavy atom. The van der Waals surface area contributed by atoms with Crippen LogP contribution in [-0.2, 0) is 6.61 Å². The molecule has 1 aliphatic carbocycles. The number of nitrogens with zero attached hydrogens (tertiary/aromatic N) is 2. The molecule has 0 bridgehead atoms. The van der Waals surface area contributed by atoms with Crippen LogP contribution in [-0.4, -0.2) is 9.55 Å². The van der Waals surface area contributed by atoms with Gasteiger partial charge in [-0.1, -0.05) is 11.6 Å². The van der Waals surface area contributed by atoms with Crippen molar-refractivity contribution in [2.45, 2.75) is 46.3 Å². The number of pyridine rings is 1. The molecule has 2 aromatic heterocycles. The first-order chi connectivity index (χ1) is 11.6. The van der Waals surface area contributed by atoms with Crippen molar-refractivity contribution in [2.75, 3.05) is 0 Å². The molecular weight excluding hydrogens is 320 g/mol. The number of benzene rings is 1. The van der Waals surface area contributed by atoms with Crippen LogP contribution in [0.3, 0.4) is 0 Å². The van der Waals surface area contributed by atoms with Gasteiger partial charge in [0.25, 0.3) is 0 Å². The summed E-state index contributed by atoms with van der Waals surface area (Å²) in [5.41, 5.74) is 6.22. The Kier molecular flexibility index (Phi) is 3.76. The van der Waals surface area contributed by atoms with Crippen LogP contribution in [0.15, 0.2) is 30.5 Å². The molecule has 3 nitrogen and oxygen atoms in total. The van der Waals surface area contributed by atoms with Gasteiger partial charge in [0.15, 0.2) is 0 Å². The summed E-state index contributed by atoms with van der Waals surface area (Å²) in [7, 11) is 0. The molecule has 124 valence electrons. The van der Waals surface area contributed by atoms with E-state index in [0.29, 0.717) is 17.7 Å². The summed E-state index contributed by atoms with van der Waals surface area (Å²) in [6.45, 7) is 7.04. The fourth-order valence-corrected chi connectivity index (χ4v) is 3.60. The molecule has 4 rings (SSSR count). The molecule has 0 radical (unpaired) electrons. The molecule has 0 N–H and O–H groups in total. The molecule has 0 saturated heterocycles. The molecule has 1 fully saturated rings. The first-order valence-corrected chi connectivity index (χ1v) is 8.78. The number of hydrogen-bond acceptors (Lipinski definition) is 2. The molecule has 2 heterocycles. The highest BCUT2D eigenvalue weighted by Crippen LogP contribution is 2.42. The lowest BCUT2D eigenvalue weighted by Crippen LogP contribution is -2.04. The molecule has 0 amide bonds. The molecule has 0 atom stereocenters. The number of ether oxygens (including phenoxy) is 1. The van der Waals surface area contributed by atoms with Gasteiger partial charge in [-0.25, -0.2) is 0 Å². The lowest BCUT2D eigenvalue weighted by atomic mass is 10.1. The van der Waals surface area contributed by atoms with Gasteiger partial charge in [0.1, 0.15) is 18.1 Å². The van der Waals surface area contributed by atoms with E-state index in [1.165, 1.54) is 40.6 Å². The van der Waals surface area contributed by atoms with Gasteiger partial charge in [-0.2, -0.15) is 0 Å². The number of halogens is 1. The van der Waals surface area contributed by atoms with Crippen molar-refractivity contribution >= 4 is 22.5 Å². The van der Waals surface area contributed by atoms with Gasteiger partial charge in [-0.15, -0.1) is 0 Å². The number of aryl methyl sites for hydroxylation is 2. The first-order valence-electron chi connectivity index (χ1n) is 8.40. The van der Waals surface area contributed by atoms with Crippen molar-refractivity contribution in [3.63, 3.8) is 0 Å². The summed E-state index contributed by atoms with van der Waals surface area (Å²) in [5, 5.41) is 2.05. The van der Waals surface area contributed by atoms with Crippen LogP contribution in [0.2, 0.25) is 5.02 Å². The summed E-state index contributed by atoms with van der Waals surface area (Å²) in [4.78, 5) is 4.69. The highest BCUT2D eigenvalue weighted by Gasteiger charge is 2.29. The molecule has 0 spiro atoms. The SMILES string of the molecule is Cc1cnc(COc2ccc(Cl)cc2)c2c1c(C)c(C)n2C1CC1. The Hall–Kier alpha value is -2.00. The highest BCUT2D eigenvalue weighted by atomic mass is 35.5. The minimum atomic E-state index is 0.466. The molecule has 4 heteroatoms. The number of fused-ring (bicyclic) bond motifs is 1. The second-order valence-electron chi connectivity index (χ2n) is 6.67. The first kappa shape index (κ1) is 15.5. The van der Waals surface area contributed by atoms with Gasteiger partial charge >= 0.3 is 0 Å². The second-order valence-corrected chi connectivity index (χ2v) is 7.10. The normalized spacial score (nSPS) is 14.3. The standard InChI is InChI=1S/C20H21ClN2O/c1-12-10-22-18(11-24-17-8-4-15(21)5-9-17)20-19(12)13(2)14(3)23(20)16-6-7-16/h4-5,8-10,16H,6-7,11H2,1-3H3. The third-order valence-corrected chi connectivity index (χ3v) is 5.19. The van der Waals surface area contributed by atoms with Gasteiger partial charge < -0.3 is 9.30 Å². The molecular formula is C20H21ClN2O. The Balaban J connectivity index is 1.76. The largest absolute Gasteiger partial charge is 0.487 e. The van der Waals surface area contributed by atoms with Gasteiger partial charge in [0, 0.05) is 28.3 Å². The van der Waals surface area contributed by atoms with E-state index in [-0.39, 0.29) is 0 Å². The molecule has 1 aromatic carbocycles. The van der Waals surface area contributed by atoms with Crippen LogP contribution >= 0.6 is 11.6 Å². The quantitative estimate of drug-likeness (QED) is 0.624. The van der Waals surface area contributed by atoms with Crippen molar-refractivity contribution < 1.29 is 4.74 Å². The van der Waals surface area contributed by atoms with E-state index in [4.69, 9.17) is 21.3 Å². The number of aromatic nitrogens is 2. The molecule has 0 aliphatic heterocycles. The van der Waals surface area contributed by atoms with E-state index in [2.05, 4.69) is 25.3 Å². The van der Waals surface area contributed by atoms with Crippen molar-refractivity contribution in [3.05, 3.63) is 58.0 Å². The van der Waals surface area contributed by atoms with Gasteiger partial charge in [0.05, 0.1) is 5.52 Å². The van der Waals surface area contributed by atoms with E-state index in [9.17, 15) is 0 Å². The Bertz CT molecular complexity index is 908. The zero-order valence-corrected chi connectivity index (χ0v) is 15.0. The summed E-state index contributed by atoms with van der Waals surface area (Å²) in [6.07, 6.45) is 4.48. The third-order valence-electron chi connectivity index (χ3n) is 4.94. The predicted molar refractivity (Wildman–Crippen MR) is 98.0 cm³/mol. The minimum absolute atomic E-state index is 0.466. The predicted octanol–water partition coefficient (Wildman–Crippen LogP) is 5.53. The molecule has 3 aromatic rings. The minimum Gasteiger partial charge on any atom is -0.487 e. The summed E-state index contributed by atoms with van der Waals surface area (Å²) in [5.74, 6) is 0.813. The zero-order valence-electron chi connectivity index (χ0n) is 14.3. The summed E-state index contributed by atoms with van der Waals surface area (Å²) in [6, 6.07) is 8.10. The lowest BCUT2D eigenvalue weighted by Gasteiger charge is -2.12. The topological polar surface area (TPSA) is 27.1 Å². The van der Waals surface area contributed by atoms with Crippen molar-refractivity contribution in [3.8, 4) is 5.75 Å². The van der Waals surface area contributed by atoms with Crippen molar-refractivity contribution in [2.24, 2.45) is 0 Å². The van der Waals surface area contributed by atoms with Crippen LogP contribution in [0.5, 0.6) is 5.75 Å². The zero-order chi connectivity index (χ0) is 16.8. The maximum Gasteiger partial charge on any atom is 0.132 e. The second kappa shape index (κ2) is 5.82.